The van der Waals surface area contributed by atoms with Crippen LogP contribution in [0.4, 0.5) is 10.1 Å². The molecule has 0 heterocycles. The summed E-state index contributed by atoms with van der Waals surface area (Å²) >= 11 is 13.1. The van der Waals surface area contributed by atoms with Gasteiger partial charge >= 0.3 is 0 Å². The van der Waals surface area contributed by atoms with Gasteiger partial charge in [-0.05, 0) is 60.5 Å². The van der Waals surface area contributed by atoms with Gasteiger partial charge in [-0.25, -0.2) is 12.8 Å². The monoisotopic (exact) mass is 729 g/mol. The maximum absolute atomic E-state index is 14.6. The number of anilines is 1. The van der Waals surface area contributed by atoms with E-state index in [1.807, 2.05) is 37.3 Å². The maximum Gasteiger partial charge on any atom is 0.264 e. The van der Waals surface area contributed by atoms with Crippen molar-refractivity contribution in [3.63, 3.8) is 0 Å². The molecule has 4 aromatic rings. The fourth-order valence-electron chi connectivity index (χ4n) is 5.15. The summed E-state index contributed by atoms with van der Waals surface area (Å²) in [6.07, 6.45) is 1.67. The molecule has 4 aromatic carbocycles. The molecule has 0 aliphatic heterocycles. The molecular weight excluding hydrogens is 692 g/mol. The lowest BCUT2D eigenvalue weighted by Crippen LogP contribution is -2.53. The topological polar surface area (TPSA) is 105 Å². The summed E-state index contributed by atoms with van der Waals surface area (Å²) in [5.74, 6) is -1.30. The smallest absolute Gasteiger partial charge is 0.264 e. The van der Waals surface area contributed by atoms with E-state index in [2.05, 4.69) is 5.32 Å². The second-order valence-corrected chi connectivity index (χ2v) is 13.8. The zero-order chi connectivity index (χ0) is 35.6. The first kappa shape index (κ1) is 37.5. The van der Waals surface area contributed by atoms with Gasteiger partial charge in [0, 0.05) is 41.2 Å². The van der Waals surface area contributed by atoms with Gasteiger partial charge in [-0.3, -0.25) is 13.9 Å². The van der Waals surface area contributed by atoms with Crippen LogP contribution >= 0.6 is 23.2 Å². The highest BCUT2D eigenvalue weighted by atomic mass is 35.5. The minimum absolute atomic E-state index is 0.0206. The quantitative estimate of drug-likeness (QED) is 0.126. The predicted octanol–water partition coefficient (Wildman–Crippen LogP) is 6.90. The fourth-order valence-corrected chi connectivity index (χ4v) is 7.10. The van der Waals surface area contributed by atoms with Crippen LogP contribution in [0.3, 0.4) is 0 Å². The largest absolute Gasteiger partial charge is 0.493 e. The summed E-state index contributed by atoms with van der Waals surface area (Å²) in [4.78, 5) is 29.6. The van der Waals surface area contributed by atoms with Crippen LogP contribution in [0.5, 0.6) is 11.5 Å². The number of methoxy groups -OCH3 is 2. The second kappa shape index (κ2) is 17.4. The Bertz CT molecular complexity index is 1830. The van der Waals surface area contributed by atoms with Gasteiger partial charge < -0.3 is 19.7 Å². The van der Waals surface area contributed by atoms with E-state index in [1.165, 1.54) is 49.5 Å². The standard InChI is InChI=1S/C36H38Cl2FN3O6S/c1-4-5-20-40-36(44)32(21-25-10-7-6-8-11-25)41(23-29-30(37)12-9-13-31(29)38)35(43)24-42(27-16-14-26(39)15-17-27)49(45,46)28-18-19-33(47-2)34(22-28)48-3/h6-19,22,32H,4-5,20-21,23-24H2,1-3H3,(H,40,44). The molecule has 1 atom stereocenters. The second-order valence-electron chi connectivity index (χ2n) is 11.1. The Kier molecular flexibility index (Phi) is 13.3. The zero-order valence-electron chi connectivity index (χ0n) is 27.4. The molecule has 0 spiro atoms. The van der Waals surface area contributed by atoms with Crippen LogP contribution in [0.2, 0.25) is 10.0 Å². The average Bonchev–Trinajstić information content (AvgIpc) is 3.10. The lowest BCUT2D eigenvalue weighted by atomic mass is 10.0. The first-order chi connectivity index (χ1) is 23.5. The van der Waals surface area contributed by atoms with Gasteiger partial charge in [0.05, 0.1) is 24.8 Å². The predicted molar refractivity (Wildman–Crippen MR) is 189 cm³/mol. The molecule has 0 bridgehead atoms. The summed E-state index contributed by atoms with van der Waals surface area (Å²) in [7, 11) is -1.71. The van der Waals surface area contributed by atoms with E-state index in [0.717, 1.165) is 34.8 Å². The third kappa shape index (κ3) is 9.44. The number of benzene rings is 4. The van der Waals surface area contributed by atoms with Gasteiger partial charge in [0.2, 0.25) is 11.8 Å². The van der Waals surface area contributed by atoms with E-state index in [1.54, 1.807) is 18.2 Å². The van der Waals surface area contributed by atoms with Crippen molar-refractivity contribution in [1.29, 1.82) is 0 Å². The summed E-state index contributed by atoms with van der Waals surface area (Å²) in [5.41, 5.74) is 1.18. The molecular formula is C36H38Cl2FN3O6S. The summed E-state index contributed by atoms with van der Waals surface area (Å²) in [6.45, 7) is 1.41. The highest BCUT2D eigenvalue weighted by Gasteiger charge is 2.35. The van der Waals surface area contributed by atoms with E-state index in [4.69, 9.17) is 32.7 Å². The molecule has 0 fully saturated rings. The molecule has 9 nitrogen and oxygen atoms in total. The molecule has 0 saturated heterocycles. The third-order valence-corrected chi connectivity index (χ3v) is 10.3. The molecule has 260 valence electrons. The maximum atomic E-state index is 14.6. The number of sulfonamides is 1. The number of halogens is 3. The van der Waals surface area contributed by atoms with E-state index in [-0.39, 0.29) is 39.3 Å². The van der Waals surface area contributed by atoms with Gasteiger partial charge in [-0.15, -0.1) is 0 Å². The van der Waals surface area contributed by atoms with E-state index < -0.39 is 40.2 Å². The number of amides is 2. The van der Waals surface area contributed by atoms with E-state index in [9.17, 15) is 22.4 Å². The molecule has 1 unspecified atom stereocenters. The fraction of sp³-hybridized carbons (Fsp3) is 0.278. The first-order valence-corrected chi connectivity index (χ1v) is 17.7. The van der Waals surface area contributed by atoms with Gasteiger partial charge in [-0.2, -0.15) is 0 Å². The number of rotatable bonds is 16. The third-order valence-electron chi connectivity index (χ3n) is 7.83. The van der Waals surface area contributed by atoms with Gasteiger partial charge in [0.25, 0.3) is 10.0 Å². The minimum Gasteiger partial charge on any atom is -0.493 e. The van der Waals surface area contributed by atoms with Crippen molar-refractivity contribution in [2.45, 2.75) is 43.7 Å². The lowest BCUT2D eigenvalue weighted by molar-refractivity contribution is -0.140. The molecule has 0 aliphatic rings. The number of hydrogen-bond acceptors (Lipinski definition) is 6. The molecule has 0 aliphatic carbocycles. The Morgan fingerprint density at radius 3 is 2.14 bits per heavy atom. The molecule has 2 amide bonds. The van der Waals surface area contributed by atoms with Crippen molar-refractivity contribution in [3.8, 4) is 11.5 Å². The average molecular weight is 731 g/mol. The van der Waals surface area contributed by atoms with Gasteiger partial charge in [0.15, 0.2) is 11.5 Å². The van der Waals surface area contributed by atoms with Crippen molar-refractivity contribution < 1.29 is 31.9 Å². The van der Waals surface area contributed by atoms with Crippen molar-refractivity contribution >= 4 is 50.7 Å². The Morgan fingerprint density at radius 2 is 1.53 bits per heavy atom. The van der Waals surface area contributed by atoms with Gasteiger partial charge in [0.1, 0.15) is 18.4 Å². The molecule has 1 N–H and O–H groups in total. The van der Waals surface area contributed by atoms with Crippen molar-refractivity contribution in [2.75, 3.05) is 31.6 Å². The number of nitrogens with zero attached hydrogens (tertiary/aromatic N) is 2. The zero-order valence-corrected chi connectivity index (χ0v) is 29.7. The molecule has 0 saturated carbocycles. The Labute approximate surface area is 296 Å². The summed E-state index contributed by atoms with van der Waals surface area (Å²) < 4.78 is 54.2. The van der Waals surface area contributed by atoms with Crippen LogP contribution in [0.25, 0.3) is 0 Å². The van der Waals surface area contributed by atoms with Crippen molar-refractivity contribution in [1.82, 2.24) is 10.2 Å². The number of carbonyl (C=O) groups excluding carboxylic acids is 2. The number of hydrogen-bond donors (Lipinski definition) is 1. The van der Waals surface area contributed by atoms with E-state index >= 15 is 0 Å². The highest BCUT2D eigenvalue weighted by molar-refractivity contribution is 7.92. The molecule has 13 heteroatoms. The van der Waals surface area contributed by atoms with Crippen LogP contribution in [-0.4, -0.2) is 58.5 Å². The first-order valence-electron chi connectivity index (χ1n) is 15.5. The van der Waals surface area contributed by atoms with Gasteiger partial charge in [-0.1, -0.05) is 72.9 Å². The number of carbonyl (C=O) groups is 2. The van der Waals surface area contributed by atoms with Crippen LogP contribution in [0.15, 0.2) is 95.9 Å². The minimum atomic E-state index is -4.49. The Morgan fingerprint density at radius 1 is 0.878 bits per heavy atom. The van der Waals surface area contributed by atoms with Crippen LogP contribution in [0, 0.1) is 5.82 Å². The number of nitrogens with one attached hydrogen (secondary N) is 1. The highest BCUT2D eigenvalue weighted by Crippen LogP contribution is 2.33. The van der Waals surface area contributed by atoms with Crippen LogP contribution in [0.1, 0.15) is 30.9 Å². The molecule has 0 radical (unpaired) electrons. The number of unbranched alkanes of at least 4 members (excludes halogenated alkanes) is 1. The van der Waals surface area contributed by atoms with Crippen LogP contribution in [-0.2, 0) is 32.6 Å². The summed E-state index contributed by atoms with van der Waals surface area (Å²) in [6, 6.07) is 21.7. The normalized spacial score (nSPS) is 11.8. The van der Waals surface area contributed by atoms with Crippen molar-refractivity contribution in [2.24, 2.45) is 0 Å². The SMILES string of the molecule is CCCCNC(=O)C(Cc1ccccc1)N(Cc1c(Cl)cccc1Cl)C(=O)CN(c1ccc(F)cc1)S(=O)(=O)c1ccc(OC)c(OC)c1. The summed E-state index contributed by atoms with van der Waals surface area (Å²) in [5, 5.41) is 3.46. The molecule has 0 aromatic heterocycles. The molecule has 49 heavy (non-hydrogen) atoms. The number of ether oxygens (including phenoxy) is 2. The lowest BCUT2D eigenvalue weighted by Gasteiger charge is -2.34. The van der Waals surface area contributed by atoms with E-state index in [0.29, 0.717) is 17.9 Å². The van der Waals surface area contributed by atoms with Crippen molar-refractivity contribution in [3.05, 3.63) is 118 Å². The Hall–Kier alpha value is -4.32. The molecule has 4 rings (SSSR count). The van der Waals surface area contributed by atoms with Crippen LogP contribution < -0.4 is 19.1 Å². The Balaban J connectivity index is 1.84.